The summed E-state index contributed by atoms with van der Waals surface area (Å²) in [5.74, 6) is 0.397. The van der Waals surface area contributed by atoms with Gasteiger partial charge in [0.05, 0.1) is 22.9 Å². The Morgan fingerprint density at radius 3 is 2.88 bits per heavy atom. The lowest BCUT2D eigenvalue weighted by Gasteiger charge is -2.10. The first-order valence-electron chi connectivity index (χ1n) is 8.46. The number of fused-ring (bicyclic) bond motifs is 1. The summed E-state index contributed by atoms with van der Waals surface area (Å²) in [6, 6.07) is 11.9. The Balaban J connectivity index is 1.83. The van der Waals surface area contributed by atoms with Gasteiger partial charge < -0.3 is 4.74 Å². The van der Waals surface area contributed by atoms with E-state index in [0.29, 0.717) is 16.4 Å². The number of para-hydroxylation sites is 1. The Morgan fingerprint density at radius 1 is 1.28 bits per heavy atom. The van der Waals surface area contributed by atoms with Crippen LogP contribution < -0.4 is 10.1 Å². The number of hydrogen-bond acceptors (Lipinski definition) is 4. The van der Waals surface area contributed by atoms with Crippen molar-refractivity contribution in [1.29, 1.82) is 0 Å². The maximum absolute atomic E-state index is 12.6. The number of hydrogen-bond donors (Lipinski definition) is 1. The minimum atomic E-state index is -0.203. The summed E-state index contributed by atoms with van der Waals surface area (Å²) in [6.07, 6.45) is 3.44. The van der Waals surface area contributed by atoms with Gasteiger partial charge in [-0.3, -0.25) is 10.1 Å². The Morgan fingerprint density at radius 2 is 2.12 bits per heavy atom. The molecule has 0 unspecified atom stereocenters. The van der Waals surface area contributed by atoms with E-state index in [1.807, 2.05) is 25.1 Å². The molecular formula is C20H22N2O2S. The molecule has 3 aromatic rings. The van der Waals surface area contributed by atoms with Crippen LogP contribution in [0, 0.1) is 6.92 Å². The number of aryl methyl sites for hydroxylation is 2. The molecule has 3 rings (SSSR count). The number of ether oxygens (including phenoxy) is 1. The first-order valence-corrected chi connectivity index (χ1v) is 9.28. The molecule has 0 aliphatic carbocycles. The number of unbranched alkanes of at least 4 members (excludes halogenated alkanes) is 1. The zero-order chi connectivity index (χ0) is 17.8. The summed E-state index contributed by atoms with van der Waals surface area (Å²) in [7, 11) is 1.58. The van der Waals surface area contributed by atoms with Crippen molar-refractivity contribution in [2.24, 2.45) is 0 Å². The fourth-order valence-electron chi connectivity index (χ4n) is 2.83. The van der Waals surface area contributed by atoms with Gasteiger partial charge in [-0.1, -0.05) is 42.9 Å². The lowest BCUT2D eigenvalue weighted by Crippen LogP contribution is -2.13. The third-order valence-electron chi connectivity index (χ3n) is 4.15. The zero-order valence-corrected chi connectivity index (χ0v) is 15.6. The molecule has 0 atom stereocenters. The second kappa shape index (κ2) is 7.66. The molecule has 0 spiro atoms. The summed E-state index contributed by atoms with van der Waals surface area (Å²) < 4.78 is 6.47. The molecule has 5 heteroatoms. The quantitative estimate of drug-likeness (QED) is 0.661. The molecule has 1 aromatic heterocycles. The van der Waals surface area contributed by atoms with Gasteiger partial charge in [0.1, 0.15) is 5.75 Å². The third-order valence-corrected chi connectivity index (χ3v) is 5.09. The standard InChI is InChI=1S/C20H22N2O2S/c1-4-5-8-14-10-11-16-17(12-14)25-20(21-16)22-19(23)15-9-6-7-13(2)18(15)24-3/h6-7,9-12H,4-5,8H2,1-3H3,(H,21,22,23). The predicted molar refractivity (Wildman–Crippen MR) is 104 cm³/mol. The summed E-state index contributed by atoms with van der Waals surface area (Å²) in [6.45, 7) is 4.11. The molecule has 0 saturated heterocycles. The average molecular weight is 354 g/mol. The first kappa shape index (κ1) is 17.4. The van der Waals surface area contributed by atoms with Crippen LogP contribution in [0.25, 0.3) is 10.2 Å². The van der Waals surface area contributed by atoms with Crippen molar-refractivity contribution in [3.63, 3.8) is 0 Å². The van der Waals surface area contributed by atoms with E-state index in [2.05, 4.69) is 29.4 Å². The predicted octanol–water partition coefficient (Wildman–Crippen LogP) is 5.21. The van der Waals surface area contributed by atoms with Gasteiger partial charge in [0.25, 0.3) is 5.91 Å². The molecule has 0 radical (unpaired) electrons. The molecular weight excluding hydrogens is 332 g/mol. The van der Waals surface area contributed by atoms with Crippen LogP contribution in [0.1, 0.15) is 41.3 Å². The number of benzene rings is 2. The molecule has 0 fully saturated rings. The van der Waals surface area contributed by atoms with Gasteiger partial charge in [0.2, 0.25) is 0 Å². The van der Waals surface area contributed by atoms with E-state index in [1.165, 1.54) is 29.7 Å². The molecule has 1 N–H and O–H groups in total. The molecule has 0 saturated carbocycles. The third kappa shape index (κ3) is 3.82. The number of methoxy groups -OCH3 is 1. The molecule has 1 heterocycles. The van der Waals surface area contributed by atoms with Crippen molar-refractivity contribution >= 4 is 32.6 Å². The number of carbonyl (C=O) groups excluding carboxylic acids is 1. The van der Waals surface area contributed by atoms with E-state index < -0.39 is 0 Å². The number of nitrogens with one attached hydrogen (secondary N) is 1. The number of rotatable bonds is 6. The molecule has 0 aliphatic heterocycles. The topological polar surface area (TPSA) is 51.2 Å². The molecule has 2 aromatic carbocycles. The smallest absolute Gasteiger partial charge is 0.261 e. The van der Waals surface area contributed by atoms with Crippen LogP contribution in [0.5, 0.6) is 5.75 Å². The largest absolute Gasteiger partial charge is 0.496 e. The lowest BCUT2D eigenvalue weighted by molar-refractivity contribution is 0.102. The van der Waals surface area contributed by atoms with Crippen LogP contribution in [-0.2, 0) is 6.42 Å². The second-order valence-electron chi connectivity index (χ2n) is 6.03. The monoisotopic (exact) mass is 354 g/mol. The lowest BCUT2D eigenvalue weighted by atomic mass is 10.1. The van der Waals surface area contributed by atoms with E-state index in [4.69, 9.17) is 4.74 Å². The van der Waals surface area contributed by atoms with Crippen LogP contribution in [0.2, 0.25) is 0 Å². The average Bonchev–Trinajstić information content (AvgIpc) is 3.01. The van der Waals surface area contributed by atoms with E-state index in [1.54, 1.807) is 13.2 Å². The SMILES string of the molecule is CCCCc1ccc2nc(NC(=O)c3cccc(C)c3OC)sc2c1. The molecule has 0 bridgehead atoms. The van der Waals surface area contributed by atoms with Gasteiger partial charge in [0, 0.05) is 0 Å². The molecule has 1 amide bonds. The maximum Gasteiger partial charge on any atom is 0.261 e. The number of carbonyl (C=O) groups is 1. The summed E-state index contributed by atoms with van der Waals surface area (Å²) >= 11 is 1.50. The van der Waals surface area contributed by atoms with E-state index >= 15 is 0 Å². The Hall–Kier alpha value is -2.40. The number of amides is 1. The first-order chi connectivity index (χ1) is 12.1. The molecule has 4 nitrogen and oxygen atoms in total. The van der Waals surface area contributed by atoms with Crippen molar-refractivity contribution < 1.29 is 9.53 Å². The highest BCUT2D eigenvalue weighted by Gasteiger charge is 2.16. The van der Waals surface area contributed by atoms with E-state index in [0.717, 1.165) is 22.2 Å². The van der Waals surface area contributed by atoms with Gasteiger partial charge in [-0.25, -0.2) is 4.98 Å². The van der Waals surface area contributed by atoms with Gasteiger partial charge in [0.15, 0.2) is 5.13 Å². The van der Waals surface area contributed by atoms with Gasteiger partial charge in [-0.2, -0.15) is 0 Å². The zero-order valence-electron chi connectivity index (χ0n) is 14.8. The highest BCUT2D eigenvalue weighted by atomic mass is 32.1. The maximum atomic E-state index is 12.6. The fourth-order valence-corrected chi connectivity index (χ4v) is 3.75. The minimum Gasteiger partial charge on any atom is -0.496 e. The number of aromatic nitrogens is 1. The summed E-state index contributed by atoms with van der Waals surface area (Å²) in [5, 5.41) is 3.51. The summed E-state index contributed by atoms with van der Waals surface area (Å²) in [5.41, 5.74) is 3.68. The number of nitrogens with zero attached hydrogens (tertiary/aromatic N) is 1. The van der Waals surface area contributed by atoms with Crippen molar-refractivity contribution in [2.75, 3.05) is 12.4 Å². The van der Waals surface area contributed by atoms with Crippen molar-refractivity contribution in [3.8, 4) is 5.75 Å². The van der Waals surface area contributed by atoms with E-state index in [9.17, 15) is 4.79 Å². The normalized spacial score (nSPS) is 10.8. The van der Waals surface area contributed by atoms with Crippen molar-refractivity contribution in [1.82, 2.24) is 4.98 Å². The van der Waals surface area contributed by atoms with Crippen LogP contribution in [-0.4, -0.2) is 18.0 Å². The molecule has 130 valence electrons. The highest BCUT2D eigenvalue weighted by molar-refractivity contribution is 7.22. The Bertz CT molecular complexity index is 902. The van der Waals surface area contributed by atoms with E-state index in [-0.39, 0.29) is 5.91 Å². The van der Waals surface area contributed by atoms with Crippen LogP contribution in [0.4, 0.5) is 5.13 Å². The van der Waals surface area contributed by atoms with Crippen LogP contribution in [0.3, 0.4) is 0 Å². The molecule has 25 heavy (non-hydrogen) atoms. The van der Waals surface area contributed by atoms with Crippen molar-refractivity contribution in [3.05, 3.63) is 53.1 Å². The minimum absolute atomic E-state index is 0.203. The highest BCUT2D eigenvalue weighted by Crippen LogP contribution is 2.29. The second-order valence-corrected chi connectivity index (χ2v) is 7.07. The van der Waals surface area contributed by atoms with Gasteiger partial charge >= 0.3 is 0 Å². The number of thiazole rings is 1. The van der Waals surface area contributed by atoms with Crippen LogP contribution in [0.15, 0.2) is 36.4 Å². The number of anilines is 1. The van der Waals surface area contributed by atoms with Gasteiger partial charge in [-0.15, -0.1) is 0 Å². The Labute approximate surface area is 151 Å². The molecule has 0 aliphatic rings. The summed E-state index contributed by atoms with van der Waals surface area (Å²) in [4.78, 5) is 17.1. The van der Waals surface area contributed by atoms with Crippen LogP contribution >= 0.6 is 11.3 Å². The van der Waals surface area contributed by atoms with Gasteiger partial charge in [-0.05, 0) is 49.1 Å². The Kier molecular flexibility index (Phi) is 5.34. The van der Waals surface area contributed by atoms with Crippen molar-refractivity contribution in [2.45, 2.75) is 33.1 Å². The fraction of sp³-hybridized carbons (Fsp3) is 0.300.